The zero-order chi connectivity index (χ0) is 14.7. The van der Waals surface area contributed by atoms with E-state index in [0.29, 0.717) is 16.8 Å². The van der Waals surface area contributed by atoms with E-state index in [4.69, 9.17) is 5.73 Å². The van der Waals surface area contributed by atoms with Gasteiger partial charge in [0, 0.05) is 15.7 Å². The van der Waals surface area contributed by atoms with Gasteiger partial charge < -0.3 is 11.1 Å². The van der Waals surface area contributed by atoms with Gasteiger partial charge in [0.05, 0.1) is 11.6 Å². The molecule has 20 heavy (non-hydrogen) atoms. The number of halogens is 2. The molecule has 104 valence electrons. The molecular weight excluding hydrogens is 323 g/mol. The molecule has 0 heterocycles. The van der Waals surface area contributed by atoms with E-state index in [1.54, 1.807) is 43.3 Å². The molecule has 1 amide bonds. The third-order valence-corrected chi connectivity index (χ3v) is 3.47. The summed E-state index contributed by atoms with van der Waals surface area (Å²) in [6.07, 6.45) is 0. The fourth-order valence-electron chi connectivity index (χ4n) is 1.92. The Morgan fingerprint density at radius 3 is 2.65 bits per heavy atom. The zero-order valence-electron chi connectivity index (χ0n) is 10.9. The fraction of sp³-hybridized carbons (Fsp3) is 0.133. The van der Waals surface area contributed by atoms with Crippen molar-refractivity contribution in [2.24, 2.45) is 0 Å². The van der Waals surface area contributed by atoms with Crippen molar-refractivity contribution in [2.45, 2.75) is 13.0 Å². The van der Waals surface area contributed by atoms with E-state index in [2.05, 4.69) is 21.2 Å². The van der Waals surface area contributed by atoms with E-state index in [1.807, 2.05) is 0 Å². The molecule has 3 nitrogen and oxygen atoms in total. The number of hydrogen-bond acceptors (Lipinski definition) is 2. The third-order valence-electron chi connectivity index (χ3n) is 2.98. The molecule has 3 N–H and O–H groups in total. The number of carbonyl (C=O) groups is 1. The molecule has 1 atom stereocenters. The number of nitrogens with two attached hydrogens (primary N) is 1. The minimum Gasteiger partial charge on any atom is -0.398 e. The molecule has 0 aliphatic carbocycles. The van der Waals surface area contributed by atoms with Gasteiger partial charge in [0.2, 0.25) is 0 Å². The summed E-state index contributed by atoms with van der Waals surface area (Å²) in [6, 6.07) is 10.9. The summed E-state index contributed by atoms with van der Waals surface area (Å²) in [5, 5.41) is 2.74. The second-order valence-corrected chi connectivity index (χ2v) is 5.36. The number of rotatable bonds is 3. The van der Waals surface area contributed by atoms with Crippen molar-refractivity contribution < 1.29 is 9.18 Å². The fourth-order valence-corrected chi connectivity index (χ4v) is 2.30. The average molecular weight is 337 g/mol. The number of nitrogens with one attached hydrogen (secondary N) is 1. The van der Waals surface area contributed by atoms with Crippen molar-refractivity contribution in [2.75, 3.05) is 5.73 Å². The van der Waals surface area contributed by atoms with Gasteiger partial charge in [0.15, 0.2) is 0 Å². The summed E-state index contributed by atoms with van der Waals surface area (Å²) >= 11 is 3.28. The van der Waals surface area contributed by atoms with Gasteiger partial charge in [-0.2, -0.15) is 0 Å². The van der Waals surface area contributed by atoms with E-state index < -0.39 is 6.04 Å². The Balaban J connectivity index is 2.17. The Kier molecular flexibility index (Phi) is 4.39. The SMILES string of the molecule is CC(NC(=O)c1ccc(Br)cc1N)c1ccccc1F. The van der Waals surface area contributed by atoms with Gasteiger partial charge in [-0.3, -0.25) is 4.79 Å². The van der Waals surface area contributed by atoms with E-state index >= 15 is 0 Å². The van der Waals surface area contributed by atoms with Crippen molar-refractivity contribution >= 4 is 27.5 Å². The molecule has 0 aliphatic rings. The van der Waals surface area contributed by atoms with Crippen molar-refractivity contribution in [1.82, 2.24) is 5.32 Å². The molecule has 0 spiro atoms. The van der Waals surface area contributed by atoms with E-state index in [0.717, 1.165) is 4.47 Å². The number of nitrogen functional groups attached to an aromatic ring is 1. The Morgan fingerprint density at radius 1 is 1.30 bits per heavy atom. The normalized spacial score (nSPS) is 11.9. The van der Waals surface area contributed by atoms with Crippen molar-refractivity contribution in [3.8, 4) is 0 Å². The molecule has 0 aliphatic heterocycles. The first-order chi connectivity index (χ1) is 9.49. The minimum absolute atomic E-state index is 0.328. The van der Waals surface area contributed by atoms with Gasteiger partial charge in [-0.05, 0) is 31.2 Å². The van der Waals surface area contributed by atoms with Crippen LogP contribution in [0, 0.1) is 5.82 Å². The molecule has 0 radical (unpaired) electrons. The average Bonchev–Trinajstić information content (AvgIpc) is 2.38. The summed E-state index contributed by atoms with van der Waals surface area (Å²) < 4.78 is 14.4. The van der Waals surface area contributed by atoms with Crippen molar-refractivity contribution in [3.05, 3.63) is 63.9 Å². The highest BCUT2D eigenvalue weighted by Gasteiger charge is 2.16. The van der Waals surface area contributed by atoms with Crippen molar-refractivity contribution in [1.29, 1.82) is 0 Å². The first kappa shape index (κ1) is 14.5. The van der Waals surface area contributed by atoms with Gasteiger partial charge in [0.1, 0.15) is 5.82 Å². The number of anilines is 1. The number of carbonyl (C=O) groups excluding carboxylic acids is 1. The molecule has 0 aromatic heterocycles. The van der Waals surface area contributed by atoms with Crippen LogP contribution in [0.25, 0.3) is 0 Å². The third kappa shape index (κ3) is 3.17. The van der Waals surface area contributed by atoms with Gasteiger partial charge >= 0.3 is 0 Å². The monoisotopic (exact) mass is 336 g/mol. The van der Waals surface area contributed by atoms with Crippen LogP contribution in [0.3, 0.4) is 0 Å². The topological polar surface area (TPSA) is 55.1 Å². The predicted octanol–water partition coefficient (Wildman–Crippen LogP) is 3.66. The Labute approximate surface area is 125 Å². The van der Waals surface area contributed by atoms with Crippen LogP contribution in [0.5, 0.6) is 0 Å². The maximum absolute atomic E-state index is 13.6. The van der Waals surface area contributed by atoms with Crippen LogP contribution in [0.4, 0.5) is 10.1 Å². The van der Waals surface area contributed by atoms with Crippen LogP contribution in [0.15, 0.2) is 46.9 Å². The quantitative estimate of drug-likeness (QED) is 0.840. The van der Waals surface area contributed by atoms with E-state index in [1.165, 1.54) is 6.07 Å². The smallest absolute Gasteiger partial charge is 0.253 e. The molecule has 5 heteroatoms. The van der Waals surface area contributed by atoms with E-state index in [9.17, 15) is 9.18 Å². The molecule has 0 bridgehead atoms. The minimum atomic E-state index is -0.438. The Morgan fingerprint density at radius 2 is 2.00 bits per heavy atom. The molecular formula is C15H14BrFN2O. The summed E-state index contributed by atoms with van der Waals surface area (Å²) in [7, 11) is 0. The van der Waals surface area contributed by atoms with Crippen LogP contribution in [-0.4, -0.2) is 5.91 Å². The number of amides is 1. The lowest BCUT2D eigenvalue weighted by molar-refractivity contribution is 0.0940. The van der Waals surface area contributed by atoms with Crippen molar-refractivity contribution in [3.63, 3.8) is 0 Å². The van der Waals surface area contributed by atoms with E-state index in [-0.39, 0.29) is 11.7 Å². The lowest BCUT2D eigenvalue weighted by Crippen LogP contribution is -2.27. The first-order valence-electron chi connectivity index (χ1n) is 6.09. The first-order valence-corrected chi connectivity index (χ1v) is 6.88. The molecule has 0 saturated carbocycles. The van der Waals surface area contributed by atoms with Crippen LogP contribution >= 0.6 is 15.9 Å². The Hall–Kier alpha value is -1.88. The number of benzene rings is 2. The molecule has 1 unspecified atom stereocenters. The van der Waals surface area contributed by atoms with Gasteiger partial charge in [-0.25, -0.2) is 4.39 Å². The maximum Gasteiger partial charge on any atom is 0.253 e. The second-order valence-electron chi connectivity index (χ2n) is 4.45. The molecule has 2 rings (SSSR count). The number of hydrogen-bond donors (Lipinski definition) is 2. The highest BCUT2D eigenvalue weighted by molar-refractivity contribution is 9.10. The zero-order valence-corrected chi connectivity index (χ0v) is 12.4. The molecule has 2 aromatic carbocycles. The highest BCUT2D eigenvalue weighted by atomic mass is 79.9. The van der Waals surface area contributed by atoms with Gasteiger partial charge in [0.25, 0.3) is 5.91 Å². The lowest BCUT2D eigenvalue weighted by Gasteiger charge is -2.16. The summed E-state index contributed by atoms with van der Waals surface area (Å²) in [5.74, 6) is -0.671. The largest absolute Gasteiger partial charge is 0.398 e. The molecule has 2 aromatic rings. The van der Waals surface area contributed by atoms with Crippen LogP contribution in [0.1, 0.15) is 28.9 Å². The summed E-state index contributed by atoms with van der Waals surface area (Å²) in [5.41, 5.74) is 6.99. The predicted molar refractivity (Wildman–Crippen MR) is 80.8 cm³/mol. The van der Waals surface area contributed by atoms with Crippen LogP contribution in [0.2, 0.25) is 0 Å². The summed E-state index contributed by atoms with van der Waals surface area (Å²) in [6.45, 7) is 1.73. The molecule has 0 saturated heterocycles. The Bertz CT molecular complexity index is 646. The highest BCUT2D eigenvalue weighted by Crippen LogP contribution is 2.21. The van der Waals surface area contributed by atoms with Gasteiger partial charge in [-0.1, -0.05) is 34.1 Å². The summed E-state index contributed by atoms with van der Waals surface area (Å²) in [4.78, 5) is 12.1. The second kappa shape index (κ2) is 6.05. The molecule has 0 fully saturated rings. The van der Waals surface area contributed by atoms with Crippen LogP contribution < -0.4 is 11.1 Å². The van der Waals surface area contributed by atoms with Crippen LogP contribution in [-0.2, 0) is 0 Å². The maximum atomic E-state index is 13.6. The lowest BCUT2D eigenvalue weighted by atomic mass is 10.1. The van der Waals surface area contributed by atoms with Gasteiger partial charge in [-0.15, -0.1) is 0 Å². The standard InChI is InChI=1S/C15H14BrFN2O/c1-9(11-4-2-3-5-13(11)17)19-15(20)12-7-6-10(16)8-14(12)18/h2-9H,18H2,1H3,(H,19,20).